The van der Waals surface area contributed by atoms with Gasteiger partial charge in [-0.15, -0.1) is 0 Å². The third kappa shape index (κ3) is 18.4. The molecular weight excluding hydrogens is 883 g/mol. The standard InChI is InChI=1S/C46H75N11O11/c1-9-17-31(52-43(65)37(28(7)58)56-42(64)36(26(5)11-3)55-39(61)33(51-29(8)59)24-30-18-13-12-14-19-30)38(60)54-35(25(4)10-2)41(63)53-32(20-15-22-49-46(47)48)44(66)57-23-16-21-34(57)40(62)50-27(6)45(67)68/h12-14,18-19,25-28,31-37,58H,9-11,15-17,20-24H2,1-8H3,(H,50,62)(H,51,59)(H,52,65)(H,53,63)(H,54,60)(H,55,61)(H,56,64)(H,67,68)(H4,47,48,49)/t25-,26-,27+,28+,31-,32-,33-,34-,35-,36+,37-/m0/s1. The van der Waals surface area contributed by atoms with Crippen molar-refractivity contribution >= 4 is 59.2 Å². The van der Waals surface area contributed by atoms with Crippen LogP contribution < -0.4 is 48.7 Å². The van der Waals surface area contributed by atoms with Crippen molar-refractivity contribution in [1.29, 1.82) is 0 Å². The van der Waals surface area contributed by atoms with Crippen LogP contribution >= 0.6 is 0 Å². The van der Waals surface area contributed by atoms with Crippen LogP contribution in [0.4, 0.5) is 0 Å². The second kappa shape index (κ2) is 28.8. The topological polar surface area (TPSA) is 346 Å². The summed E-state index contributed by atoms with van der Waals surface area (Å²) in [5, 5.41) is 38.5. The molecule has 1 aliphatic heterocycles. The minimum atomic E-state index is -1.60. The monoisotopic (exact) mass is 958 g/mol. The number of nitrogens with zero attached hydrogens (tertiary/aromatic N) is 2. The highest BCUT2D eigenvalue weighted by Crippen LogP contribution is 2.21. The van der Waals surface area contributed by atoms with Gasteiger partial charge in [-0.25, -0.2) is 0 Å². The van der Waals surface area contributed by atoms with E-state index in [1.165, 1.54) is 25.7 Å². The molecule has 8 amide bonds. The summed E-state index contributed by atoms with van der Waals surface area (Å²) in [6.45, 7) is 12.9. The Bertz CT molecular complexity index is 1910. The van der Waals surface area contributed by atoms with E-state index < -0.39 is 120 Å². The van der Waals surface area contributed by atoms with Crippen LogP contribution in [0.15, 0.2) is 35.3 Å². The fraction of sp³-hybridized carbons (Fsp3) is 0.652. The second-order valence-corrected chi connectivity index (χ2v) is 17.5. The average Bonchev–Trinajstić information content (AvgIpc) is 3.79. The highest BCUT2D eigenvalue weighted by molar-refractivity contribution is 5.98. The summed E-state index contributed by atoms with van der Waals surface area (Å²) >= 11 is 0. The van der Waals surface area contributed by atoms with E-state index in [1.807, 2.05) is 6.07 Å². The Morgan fingerprint density at radius 2 is 1.24 bits per heavy atom. The first-order valence-corrected chi connectivity index (χ1v) is 23.5. The van der Waals surface area contributed by atoms with E-state index in [0.29, 0.717) is 25.7 Å². The number of hydrogen-bond acceptors (Lipinski definition) is 11. The fourth-order valence-corrected chi connectivity index (χ4v) is 7.58. The van der Waals surface area contributed by atoms with Gasteiger partial charge < -0.3 is 63.8 Å². The second-order valence-electron chi connectivity index (χ2n) is 17.5. The fourth-order valence-electron chi connectivity index (χ4n) is 7.58. The van der Waals surface area contributed by atoms with Crippen molar-refractivity contribution in [3.8, 4) is 0 Å². The van der Waals surface area contributed by atoms with Crippen molar-refractivity contribution in [2.24, 2.45) is 28.3 Å². The van der Waals surface area contributed by atoms with E-state index in [0.717, 1.165) is 5.56 Å². The highest BCUT2D eigenvalue weighted by atomic mass is 16.4. The lowest BCUT2D eigenvalue weighted by Crippen LogP contribution is -2.63. The first kappa shape index (κ1) is 57.8. The summed E-state index contributed by atoms with van der Waals surface area (Å²) in [7, 11) is 0. The number of aliphatic carboxylic acids is 1. The Morgan fingerprint density at radius 1 is 0.706 bits per heavy atom. The molecule has 380 valence electrons. The zero-order valence-corrected chi connectivity index (χ0v) is 40.6. The summed E-state index contributed by atoms with van der Waals surface area (Å²) in [6.07, 6.45) is 0.905. The number of carboxylic acids is 1. The van der Waals surface area contributed by atoms with Crippen LogP contribution in [-0.2, 0) is 49.6 Å². The number of benzene rings is 1. The molecule has 0 spiro atoms. The molecule has 1 aliphatic rings. The van der Waals surface area contributed by atoms with Gasteiger partial charge in [0, 0.05) is 26.4 Å². The molecule has 0 unspecified atom stereocenters. The molecule has 0 aromatic heterocycles. The summed E-state index contributed by atoms with van der Waals surface area (Å²) < 4.78 is 0. The SMILES string of the molecule is CCC[C@H](NC(=O)[C@@H](NC(=O)[C@H](NC(=O)[C@H](Cc1ccccc1)NC(C)=O)[C@@H](C)CC)[C@@H](C)O)C(=O)N[C@H](C(=O)N[C@@H](CCCN=C(N)N)C(=O)N1CCC[C@H]1C(=O)N[C@H](C)C(=O)O)[C@@H](C)CC. The summed E-state index contributed by atoms with van der Waals surface area (Å²) in [5.74, 6) is -7.97. The normalized spacial score (nSPS) is 17.7. The zero-order chi connectivity index (χ0) is 51.2. The molecule has 0 aliphatic carbocycles. The third-order valence-corrected chi connectivity index (χ3v) is 12.0. The molecule has 2 rings (SSSR count). The Balaban J connectivity index is 2.34. The van der Waals surface area contributed by atoms with Crippen molar-refractivity contribution in [2.75, 3.05) is 13.1 Å². The lowest BCUT2D eigenvalue weighted by atomic mass is 9.96. The van der Waals surface area contributed by atoms with E-state index >= 15 is 0 Å². The number of carbonyl (C=O) groups excluding carboxylic acids is 8. The lowest BCUT2D eigenvalue weighted by molar-refractivity contribution is -0.144. The van der Waals surface area contributed by atoms with Crippen LogP contribution in [0, 0.1) is 11.8 Å². The Kier molecular flexibility index (Phi) is 24.5. The van der Waals surface area contributed by atoms with Crippen LogP contribution in [0.3, 0.4) is 0 Å². The van der Waals surface area contributed by atoms with E-state index in [4.69, 9.17) is 11.5 Å². The maximum Gasteiger partial charge on any atom is 0.325 e. The predicted molar refractivity (Wildman–Crippen MR) is 253 cm³/mol. The van der Waals surface area contributed by atoms with Gasteiger partial charge in [0.15, 0.2) is 5.96 Å². The summed E-state index contributed by atoms with van der Waals surface area (Å²) in [5.41, 5.74) is 11.7. The minimum absolute atomic E-state index is 0.0327. The quantitative estimate of drug-likeness (QED) is 0.0275. The number of aliphatic imine (C=N–C) groups is 1. The van der Waals surface area contributed by atoms with Gasteiger partial charge in [0.1, 0.15) is 48.3 Å². The number of likely N-dealkylation sites (tertiary alicyclic amines) is 1. The third-order valence-electron chi connectivity index (χ3n) is 12.0. The smallest absolute Gasteiger partial charge is 0.325 e. The molecule has 68 heavy (non-hydrogen) atoms. The van der Waals surface area contributed by atoms with Crippen molar-refractivity contribution in [3.05, 3.63) is 35.9 Å². The van der Waals surface area contributed by atoms with Crippen LogP contribution in [0.5, 0.6) is 0 Å². The van der Waals surface area contributed by atoms with Gasteiger partial charge in [-0.1, -0.05) is 84.2 Å². The molecule has 0 saturated carbocycles. The molecule has 1 aromatic carbocycles. The van der Waals surface area contributed by atoms with Gasteiger partial charge in [0.25, 0.3) is 0 Å². The van der Waals surface area contributed by atoms with Crippen LogP contribution in [0.1, 0.15) is 112 Å². The van der Waals surface area contributed by atoms with Crippen molar-refractivity contribution < 1.29 is 53.4 Å². The van der Waals surface area contributed by atoms with Crippen LogP contribution in [0.2, 0.25) is 0 Å². The summed E-state index contributed by atoms with van der Waals surface area (Å²) in [6, 6.07) is -0.776. The van der Waals surface area contributed by atoms with Gasteiger partial charge in [0.2, 0.25) is 47.3 Å². The number of amides is 8. The van der Waals surface area contributed by atoms with E-state index in [9.17, 15) is 53.4 Å². The molecule has 1 aromatic rings. The first-order valence-electron chi connectivity index (χ1n) is 23.5. The van der Waals surface area contributed by atoms with Crippen molar-refractivity contribution in [3.63, 3.8) is 0 Å². The largest absolute Gasteiger partial charge is 0.480 e. The number of nitrogens with one attached hydrogen (secondary N) is 7. The van der Waals surface area contributed by atoms with E-state index in [-0.39, 0.29) is 51.2 Å². The molecule has 1 fully saturated rings. The van der Waals surface area contributed by atoms with E-state index in [1.54, 1.807) is 58.9 Å². The molecule has 0 radical (unpaired) electrons. The number of aliphatic hydroxyl groups is 1. The Hall–Kier alpha value is -6.32. The number of guanidine groups is 1. The number of nitrogens with two attached hydrogens (primary N) is 2. The highest BCUT2D eigenvalue weighted by Gasteiger charge is 2.40. The molecule has 1 saturated heterocycles. The van der Waals surface area contributed by atoms with Gasteiger partial charge in [-0.05, 0) is 63.4 Å². The predicted octanol–water partition coefficient (Wildman–Crippen LogP) is -0.935. The zero-order valence-electron chi connectivity index (χ0n) is 40.6. The number of aliphatic hydroxyl groups excluding tert-OH is 1. The van der Waals surface area contributed by atoms with Gasteiger partial charge in [0.05, 0.1) is 6.10 Å². The maximum atomic E-state index is 14.2. The minimum Gasteiger partial charge on any atom is -0.480 e. The van der Waals surface area contributed by atoms with Gasteiger partial charge >= 0.3 is 5.97 Å². The molecule has 22 heteroatoms. The molecule has 0 bridgehead atoms. The molecule has 13 N–H and O–H groups in total. The van der Waals surface area contributed by atoms with Gasteiger partial charge in [-0.3, -0.25) is 48.1 Å². The molecule has 22 nitrogen and oxygen atoms in total. The average molecular weight is 958 g/mol. The number of hydrogen-bond donors (Lipinski definition) is 11. The van der Waals surface area contributed by atoms with Crippen molar-refractivity contribution in [2.45, 2.75) is 168 Å². The van der Waals surface area contributed by atoms with E-state index in [2.05, 4.69) is 42.2 Å². The Morgan fingerprint density at radius 3 is 1.75 bits per heavy atom. The number of carbonyl (C=O) groups is 9. The van der Waals surface area contributed by atoms with Gasteiger partial charge in [-0.2, -0.15) is 0 Å². The number of rotatable bonds is 28. The lowest BCUT2D eigenvalue weighted by Gasteiger charge is -2.32. The molecule has 1 heterocycles. The molecule has 11 atom stereocenters. The van der Waals surface area contributed by atoms with Crippen LogP contribution in [-0.4, -0.2) is 142 Å². The van der Waals surface area contributed by atoms with Crippen LogP contribution in [0.25, 0.3) is 0 Å². The van der Waals surface area contributed by atoms with Crippen molar-refractivity contribution in [1.82, 2.24) is 42.1 Å². The Labute approximate surface area is 398 Å². The summed E-state index contributed by atoms with van der Waals surface area (Å²) in [4.78, 5) is 126. The number of carboxylic acid groups (broad SMARTS) is 1. The maximum absolute atomic E-state index is 14.2. The molecular formula is C46H75N11O11. The first-order chi connectivity index (χ1) is 32.1.